The fourth-order valence-corrected chi connectivity index (χ4v) is 1.30. The van der Waals surface area contributed by atoms with Gasteiger partial charge in [0.15, 0.2) is 0 Å². The first-order chi connectivity index (χ1) is 7.59. The highest BCUT2D eigenvalue weighted by molar-refractivity contribution is 5.75. The number of carbonyl (C=O) groups excluding carboxylic acids is 1. The lowest BCUT2D eigenvalue weighted by Gasteiger charge is -2.08. The van der Waals surface area contributed by atoms with Crippen molar-refractivity contribution in [2.75, 3.05) is 6.54 Å². The second-order valence-corrected chi connectivity index (χ2v) is 4.20. The fourth-order valence-electron chi connectivity index (χ4n) is 1.30. The lowest BCUT2D eigenvalue weighted by Crippen LogP contribution is -2.32. The third-order valence-corrected chi connectivity index (χ3v) is 2.26. The van der Waals surface area contributed by atoms with Gasteiger partial charge in [0.2, 0.25) is 5.91 Å². The summed E-state index contributed by atoms with van der Waals surface area (Å²) in [5.41, 5.74) is -0.151. The van der Waals surface area contributed by atoms with E-state index in [1.54, 1.807) is 18.3 Å². The first-order valence-electron chi connectivity index (χ1n) is 5.52. The van der Waals surface area contributed by atoms with E-state index in [4.69, 9.17) is 0 Å². The molecule has 1 amide bonds. The molecule has 0 aliphatic carbocycles. The van der Waals surface area contributed by atoms with Crippen LogP contribution >= 0.6 is 0 Å². The van der Waals surface area contributed by atoms with Gasteiger partial charge >= 0.3 is 0 Å². The van der Waals surface area contributed by atoms with Crippen LogP contribution in [0.4, 0.5) is 0 Å². The summed E-state index contributed by atoms with van der Waals surface area (Å²) in [5.74, 6) is 0.452. The minimum atomic E-state index is -0.151. The summed E-state index contributed by atoms with van der Waals surface area (Å²) >= 11 is 0. The van der Waals surface area contributed by atoms with Gasteiger partial charge in [-0.25, -0.2) is 0 Å². The van der Waals surface area contributed by atoms with Gasteiger partial charge < -0.3 is 9.88 Å². The maximum atomic E-state index is 11.5. The molecule has 0 radical (unpaired) electrons. The van der Waals surface area contributed by atoms with Crippen molar-refractivity contribution in [3.8, 4) is 0 Å². The van der Waals surface area contributed by atoms with Crippen molar-refractivity contribution in [1.29, 1.82) is 0 Å². The van der Waals surface area contributed by atoms with Crippen LogP contribution in [0.25, 0.3) is 0 Å². The third kappa shape index (κ3) is 4.29. The zero-order valence-electron chi connectivity index (χ0n) is 9.77. The summed E-state index contributed by atoms with van der Waals surface area (Å²) in [5, 5.41) is 2.79. The summed E-state index contributed by atoms with van der Waals surface area (Å²) in [6.07, 6.45) is 2.57. The van der Waals surface area contributed by atoms with Crippen molar-refractivity contribution in [3.05, 3.63) is 34.7 Å². The van der Waals surface area contributed by atoms with Crippen LogP contribution in [-0.4, -0.2) is 17.0 Å². The third-order valence-electron chi connectivity index (χ3n) is 2.26. The normalized spacial score (nSPS) is 10.4. The second-order valence-electron chi connectivity index (χ2n) is 4.20. The number of hydrogen-bond acceptors (Lipinski definition) is 2. The van der Waals surface area contributed by atoms with Gasteiger partial charge in [-0.05, 0) is 18.4 Å². The summed E-state index contributed by atoms with van der Waals surface area (Å²) in [6, 6.07) is 4.85. The monoisotopic (exact) mass is 222 g/mol. The summed E-state index contributed by atoms with van der Waals surface area (Å²) in [7, 11) is 0. The molecular formula is C12H18N2O2. The van der Waals surface area contributed by atoms with Crippen LogP contribution in [-0.2, 0) is 11.3 Å². The van der Waals surface area contributed by atoms with Crippen LogP contribution in [0.3, 0.4) is 0 Å². The highest BCUT2D eigenvalue weighted by Gasteiger charge is 2.03. The van der Waals surface area contributed by atoms with Gasteiger partial charge in [0.25, 0.3) is 5.56 Å². The smallest absolute Gasteiger partial charge is 0.250 e. The topological polar surface area (TPSA) is 51.1 Å². The maximum Gasteiger partial charge on any atom is 0.250 e. The van der Waals surface area contributed by atoms with Crippen LogP contribution in [0.5, 0.6) is 0 Å². The molecule has 0 aliphatic rings. The van der Waals surface area contributed by atoms with E-state index in [0.29, 0.717) is 12.5 Å². The van der Waals surface area contributed by atoms with E-state index < -0.39 is 0 Å². The van der Waals surface area contributed by atoms with Crippen molar-refractivity contribution in [1.82, 2.24) is 9.88 Å². The number of pyridine rings is 1. The molecule has 0 unspecified atom stereocenters. The maximum absolute atomic E-state index is 11.5. The lowest BCUT2D eigenvalue weighted by molar-refractivity contribution is -0.121. The SMILES string of the molecule is CC(C)CCNC(=O)Cn1ccccc1=O. The van der Waals surface area contributed by atoms with E-state index in [1.165, 1.54) is 10.6 Å². The minimum Gasteiger partial charge on any atom is -0.355 e. The Bertz CT molecular complexity index is 396. The minimum absolute atomic E-state index is 0.0950. The molecule has 0 aliphatic heterocycles. The van der Waals surface area contributed by atoms with E-state index in [0.717, 1.165) is 6.42 Å². The van der Waals surface area contributed by atoms with Crippen molar-refractivity contribution < 1.29 is 4.79 Å². The van der Waals surface area contributed by atoms with Gasteiger partial charge in [0.05, 0.1) is 0 Å². The van der Waals surface area contributed by atoms with E-state index in [2.05, 4.69) is 19.2 Å². The molecule has 4 heteroatoms. The number of nitrogens with zero attached hydrogens (tertiary/aromatic N) is 1. The molecule has 88 valence electrons. The standard InChI is InChI=1S/C12H18N2O2/c1-10(2)6-7-13-11(15)9-14-8-4-3-5-12(14)16/h3-5,8,10H,6-7,9H2,1-2H3,(H,13,15). The molecule has 16 heavy (non-hydrogen) atoms. The molecule has 1 rings (SSSR count). The van der Waals surface area contributed by atoms with Crippen molar-refractivity contribution >= 4 is 5.91 Å². The molecular weight excluding hydrogens is 204 g/mol. The number of rotatable bonds is 5. The molecule has 1 aromatic rings. The average molecular weight is 222 g/mol. The van der Waals surface area contributed by atoms with Crippen LogP contribution in [0.15, 0.2) is 29.2 Å². The second kappa shape index (κ2) is 6.10. The molecule has 0 bridgehead atoms. The Kier molecular flexibility index (Phi) is 4.76. The summed E-state index contributed by atoms with van der Waals surface area (Å²) in [4.78, 5) is 22.8. The molecule has 0 fully saturated rings. The predicted octanol–water partition coefficient (Wildman–Crippen LogP) is 1.01. The fraction of sp³-hybridized carbons (Fsp3) is 0.500. The molecule has 1 heterocycles. The van der Waals surface area contributed by atoms with E-state index in [-0.39, 0.29) is 18.0 Å². The lowest BCUT2D eigenvalue weighted by atomic mass is 10.1. The number of carbonyl (C=O) groups is 1. The number of aromatic nitrogens is 1. The van der Waals surface area contributed by atoms with Gasteiger partial charge in [-0.15, -0.1) is 0 Å². The largest absolute Gasteiger partial charge is 0.355 e. The first-order valence-corrected chi connectivity index (χ1v) is 5.52. The summed E-state index contributed by atoms with van der Waals surface area (Å²) < 4.78 is 1.39. The highest BCUT2D eigenvalue weighted by atomic mass is 16.2. The molecule has 4 nitrogen and oxygen atoms in total. The quantitative estimate of drug-likeness (QED) is 0.808. The Hall–Kier alpha value is -1.58. The molecule has 0 spiro atoms. The van der Waals surface area contributed by atoms with Crippen LogP contribution in [0.2, 0.25) is 0 Å². The first kappa shape index (κ1) is 12.5. The summed E-state index contributed by atoms with van der Waals surface area (Å²) in [6.45, 7) is 4.97. The zero-order chi connectivity index (χ0) is 12.0. The molecule has 0 saturated carbocycles. The van der Waals surface area contributed by atoms with Gasteiger partial charge in [0.1, 0.15) is 6.54 Å². The molecule has 1 aromatic heterocycles. The van der Waals surface area contributed by atoms with E-state index in [9.17, 15) is 9.59 Å². The van der Waals surface area contributed by atoms with Crippen molar-refractivity contribution in [2.24, 2.45) is 5.92 Å². The Morgan fingerprint density at radius 3 is 2.81 bits per heavy atom. The zero-order valence-corrected chi connectivity index (χ0v) is 9.77. The van der Waals surface area contributed by atoms with Gasteiger partial charge in [0, 0.05) is 18.8 Å². The van der Waals surface area contributed by atoms with Crippen molar-refractivity contribution in [2.45, 2.75) is 26.8 Å². The van der Waals surface area contributed by atoms with Crippen LogP contribution < -0.4 is 10.9 Å². The highest BCUT2D eigenvalue weighted by Crippen LogP contribution is 1.96. The number of hydrogen-bond donors (Lipinski definition) is 1. The number of amides is 1. The molecule has 0 atom stereocenters. The molecule has 0 saturated heterocycles. The Balaban J connectivity index is 2.40. The average Bonchev–Trinajstić information content (AvgIpc) is 2.21. The predicted molar refractivity (Wildman–Crippen MR) is 63.2 cm³/mol. The van der Waals surface area contributed by atoms with E-state index in [1.807, 2.05) is 0 Å². The van der Waals surface area contributed by atoms with Gasteiger partial charge in [-0.2, -0.15) is 0 Å². The van der Waals surface area contributed by atoms with Gasteiger partial charge in [-0.3, -0.25) is 9.59 Å². The Morgan fingerprint density at radius 1 is 1.44 bits per heavy atom. The van der Waals surface area contributed by atoms with Crippen LogP contribution in [0.1, 0.15) is 20.3 Å². The molecule has 0 aromatic carbocycles. The van der Waals surface area contributed by atoms with Crippen LogP contribution in [0, 0.1) is 5.92 Å². The Labute approximate surface area is 95.3 Å². The molecule has 1 N–H and O–H groups in total. The Morgan fingerprint density at radius 2 is 2.19 bits per heavy atom. The van der Waals surface area contributed by atoms with Gasteiger partial charge in [-0.1, -0.05) is 19.9 Å². The number of nitrogens with one attached hydrogen (secondary N) is 1. The van der Waals surface area contributed by atoms with E-state index >= 15 is 0 Å². The van der Waals surface area contributed by atoms with Crippen molar-refractivity contribution in [3.63, 3.8) is 0 Å².